The number of nitrogens with zero attached hydrogens (tertiary/aromatic N) is 1. The van der Waals surface area contributed by atoms with E-state index >= 15 is 0 Å². The predicted molar refractivity (Wildman–Crippen MR) is 85.1 cm³/mol. The molecule has 0 aliphatic carbocycles. The van der Waals surface area contributed by atoms with Gasteiger partial charge >= 0.3 is 0 Å². The van der Waals surface area contributed by atoms with Crippen LogP contribution in [-0.4, -0.2) is 49.7 Å². The molecule has 0 bridgehead atoms. The van der Waals surface area contributed by atoms with Gasteiger partial charge in [-0.1, -0.05) is 23.2 Å². The van der Waals surface area contributed by atoms with Crippen molar-refractivity contribution in [3.63, 3.8) is 0 Å². The molecule has 3 N–H and O–H groups in total. The zero-order valence-electron chi connectivity index (χ0n) is 11.9. The lowest BCUT2D eigenvalue weighted by Gasteiger charge is -2.29. The smallest absolute Gasteiger partial charge is 0.251 e. The van der Waals surface area contributed by atoms with Crippen molar-refractivity contribution in [3.8, 4) is 0 Å². The number of morpholine rings is 1. The van der Waals surface area contributed by atoms with E-state index in [1.54, 1.807) is 0 Å². The van der Waals surface area contributed by atoms with Crippen LogP contribution in [0.4, 0.5) is 5.69 Å². The standard InChI is InChI=1S/C14H19Cl2N3O2/c1-9(8-19-2-4-21-5-3-19)18-14(20)10-6-11(15)13(16)12(17)7-10/h6-7,9H,2-5,8,17H2,1H3,(H,18,20). The number of anilines is 1. The fourth-order valence-corrected chi connectivity index (χ4v) is 2.60. The van der Waals surface area contributed by atoms with Crippen LogP contribution in [0, 0.1) is 0 Å². The lowest BCUT2D eigenvalue weighted by atomic mass is 10.1. The third kappa shape index (κ3) is 4.48. The van der Waals surface area contributed by atoms with Crippen LogP contribution in [0.3, 0.4) is 0 Å². The highest BCUT2D eigenvalue weighted by Gasteiger charge is 2.17. The summed E-state index contributed by atoms with van der Waals surface area (Å²) in [5, 5.41) is 3.49. The number of benzene rings is 1. The second-order valence-corrected chi connectivity index (χ2v) is 5.93. The number of nitrogen functional groups attached to an aromatic ring is 1. The molecule has 0 aromatic heterocycles. The molecule has 5 nitrogen and oxygen atoms in total. The summed E-state index contributed by atoms with van der Waals surface area (Å²) in [7, 11) is 0. The molecule has 2 rings (SSSR count). The molecule has 0 radical (unpaired) electrons. The topological polar surface area (TPSA) is 67.6 Å². The quantitative estimate of drug-likeness (QED) is 0.828. The first kappa shape index (κ1) is 16.4. The fraction of sp³-hybridized carbons (Fsp3) is 0.500. The minimum absolute atomic E-state index is 0.0197. The van der Waals surface area contributed by atoms with E-state index < -0.39 is 0 Å². The van der Waals surface area contributed by atoms with Gasteiger partial charge in [0.1, 0.15) is 0 Å². The third-order valence-corrected chi connectivity index (χ3v) is 4.15. The van der Waals surface area contributed by atoms with E-state index in [1.165, 1.54) is 12.1 Å². The number of ether oxygens (including phenoxy) is 1. The van der Waals surface area contributed by atoms with Crippen molar-refractivity contribution in [1.82, 2.24) is 10.2 Å². The van der Waals surface area contributed by atoms with E-state index in [1.807, 2.05) is 6.92 Å². The van der Waals surface area contributed by atoms with Crippen LogP contribution in [0.5, 0.6) is 0 Å². The molecule has 0 spiro atoms. The van der Waals surface area contributed by atoms with Gasteiger partial charge in [0, 0.05) is 31.2 Å². The largest absolute Gasteiger partial charge is 0.397 e. The molecule has 7 heteroatoms. The molecule has 1 aromatic rings. The van der Waals surface area contributed by atoms with E-state index in [-0.39, 0.29) is 22.0 Å². The van der Waals surface area contributed by atoms with Crippen molar-refractivity contribution in [2.45, 2.75) is 13.0 Å². The zero-order chi connectivity index (χ0) is 15.4. The van der Waals surface area contributed by atoms with E-state index in [9.17, 15) is 4.79 Å². The summed E-state index contributed by atoms with van der Waals surface area (Å²) >= 11 is 11.8. The van der Waals surface area contributed by atoms with Gasteiger partial charge in [0.15, 0.2) is 0 Å². The van der Waals surface area contributed by atoms with E-state index in [0.717, 1.165) is 32.8 Å². The van der Waals surface area contributed by atoms with Gasteiger partial charge < -0.3 is 15.8 Å². The van der Waals surface area contributed by atoms with Crippen molar-refractivity contribution in [1.29, 1.82) is 0 Å². The zero-order valence-corrected chi connectivity index (χ0v) is 13.4. The predicted octanol–water partition coefficient (Wildman–Crippen LogP) is 2.03. The molecule has 1 aromatic carbocycles. The van der Waals surface area contributed by atoms with Crippen LogP contribution in [-0.2, 0) is 4.74 Å². The van der Waals surface area contributed by atoms with Crippen LogP contribution < -0.4 is 11.1 Å². The molecule has 1 aliphatic heterocycles. The Bertz CT molecular complexity index is 496. The van der Waals surface area contributed by atoms with Gasteiger partial charge in [0.25, 0.3) is 5.91 Å². The molecule has 1 heterocycles. The summed E-state index contributed by atoms with van der Waals surface area (Å²) in [4.78, 5) is 14.5. The normalized spacial score (nSPS) is 17.5. The van der Waals surface area contributed by atoms with Gasteiger partial charge in [-0.15, -0.1) is 0 Å². The van der Waals surface area contributed by atoms with Crippen LogP contribution in [0.15, 0.2) is 12.1 Å². The number of hydrogen-bond acceptors (Lipinski definition) is 4. The second-order valence-electron chi connectivity index (χ2n) is 5.15. The average molecular weight is 332 g/mol. The molecule has 116 valence electrons. The number of nitrogens with one attached hydrogen (secondary N) is 1. The minimum atomic E-state index is -0.207. The summed E-state index contributed by atoms with van der Waals surface area (Å²) in [5.74, 6) is -0.207. The van der Waals surface area contributed by atoms with Gasteiger partial charge in [0.2, 0.25) is 0 Å². The van der Waals surface area contributed by atoms with Crippen LogP contribution in [0.2, 0.25) is 10.0 Å². The molecule has 0 saturated carbocycles. The van der Waals surface area contributed by atoms with Crippen LogP contribution in [0.1, 0.15) is 17.3 Å². The first-order chi connectivity index (χ1) is 9.97. The highest BCUT2D eigenvalue weighted by atomic mass is 35.5. The van der Waals surface area contributed by atoms with Gasteiger partial charge in [-0.25, -0.2) is 0 Å². The maximum absolute atomic E-state index is 12.2. The summed E-state index contributed by atoms with van der Waals surface area (Å²) in [5.41, 5.74) is 6.43. The average Bonchev–Trinajstić information content (AvgIpc) is 2.45. The molecule has 1 aliphatic rings. The maximum Gasteiger partial charge on any atom is 0.251 e. The molecular weight excluding hydrogens is 313 g/mol. The molecule has 1 amide bonds. The highest BCUT2D eigenvalue weighted by molar-refractivity contribution is 6.43. The first-order valence-corrected chi connectivity index (χ1v) is 7.58. The fourth-order valence-electron chi connectivity index (χ4n) is 2.27. The Morgan fingerprint density at radius 1 is 1.43 bits per heavy atom. The number of carbonyl (C=O) groups is 1. The van der Waals surface area contributed by atoms with Crippen molar-refractivity contribution in [3.05, 3.63) is 27.7 Å². The van der Waals surface area contributed by atoms with Crippen molar-refractivity contribution in [2.24, 2.45) is 0 Å². The summed E-state index contributed by atoms with van der Waals surface area (Å²) < 4.78 is 5.30. The Kier molecular flexibility index (Phi) is 5.70. The monoisotopic (exact) mass is 331 g/mol. The number of halogens is 2. The molecule has 1 fully saturated rings. The Morgan fingerprint density at radius 2 is 2.10 bits per heavy atom. The SMILES string of the molecule is CC(CN1CCOCC1)NC(=O)c1cc(N)c(Cl)c(Cl)c1. The molecule has 1 saturated heterocycles. The molecule has 1 unspecified atom stereocenters. The summed E-state index contributed by atoms with van der Waals surface area (Å²) in [6.07, 6.45) is 0. The van der Waals surface area contributed by atoms with Crippen molar-refractivity contribution >= 4 is 34.8 Å². The maximum atomic E-state index is 12.2. The van der Waals surface area contributed by atoms with Crippen molar-refractivity contribution in [2.75, 3.05) is 38.6 Å². The van der Waals surface area contributed by atoms with Gasteiger partial charge in [-0.2, -0.15) is 0 Å². The van der Waals surface area contributed by atoms with Gasteiger partial charge in [-0.3, -0.25) is 9.69 Å². The van der Waals surface area contributed by atoms with Gasteiger partial charge in [-0.05, 0) is 19.1 Å². The van der Waals surface area contributed by atoms with Crippen LogP contribution >= 0.6 is 23.2 Å². The lowest BCUT2D eigenvalue weighted by molar-refractivity contribution is 0.0342. The van der Waals surface area contributed by atoms with E-state index in [2.05, 4.69) is 10.2 Å². The Labute approximate surface area is 134 Å². The second kappa shape index (κ2) is 7.31. The Hall–Kier alpha value is -1.01. The van der Waals surface area contributed by atoms with Crippen LogP contribution in [0.25, 0.3) is 0 Å². The summed E-state index contributed by atoms with van der Waals surface area (Å²) in [6, 6.07) is 3.08. The lowest BCUT2D eigenvalue weighted by Crippen LogP contribution is -2.46. The Morgan fingerprint density at radius 3 is 2.71 bits per heavy atom. The number of nitrogens with two attached hydrogens (primary N) is 1. The third-order valence-electron chi connectivity index (χ3n) is 3.33. The minimum Gasteiger partial charge on any atom is -0.397 e. The summed E-state index contributed by atoms with van der Waals surface area (Å²) in [6.45, 7) is 6.01. The van der Waals surface area contributed by atoms with Gasteiger partial charge in [0.05, 0.1) is 28.9 Å². The first-order valence-electron chi connectivity index (χ1n) is 6.83. The Balaban J connectivity index is 1.94. The number of hydrogen-bond donors (Lipinski definition) is 2. The molecular formula is C14H19Cl2N3O2. The number of carbonyl (C=O) groups excluding carboxylic acids is 1. The molecule has 21 heavy (non-hydrogen) atoms. The van der Waals surface area contributed by atoms with Crippen molar-refractivity contribution < 1.29 is 9.53 Å². The highest BCUT2D eigenvalue weighted by Crippen LogP contribution is 2.29. The number of amides is 1. The van der Waals surface area contributed by atoms with E-state index in [0.29, 0.717) is 11.3 Å². The molecule has 1 atom stereocenters. The number of rotatable bonds is 4. The van der Waals surface area contributed by atoms with E-state index in [4.69, 9.17) is 33.7 Å².